The van der Waals surface area contributed by atoms with Gasteiger partial charge in [0, 0.05) is 25.2 Å². The maximum Gasteiger partial charge on any atom is 0.573 e. The second kappa shape index (κ2) is 8.72. The van der Waals surface area contributed by atoms with Crippen LogP contribution in [0.3, 0.4) is 0 Å². The van der Waals surface area contributed by atoms with Crippen molar-refractivity contribution in [3.63, 3.8) is 0 Å². The van der Waals surface area contributed by atoms with Gasteiger partial charge in [-0.3, -0.25) is 9.59 Å². The summed E-state index contributed by atoms with van der Waals surface area (Å²) in [6.07, 6.45) is -1.76. The molecular formula is C23H24F3N3O3. The Morgan fingerprint density at radius 2 is 1.91 bits per heavy atom. The van der Waals surface area contributed by atoms with Crippen molar-refractivity contribution < 1.29 is 27.5 Å². The van der Waals surface area contributed by atoms with Crippen LogP contribution in [0.15, 0.2) is 42.5 Å². The van der Waals surface area contributed by atoms with Gasteiger partial charge in [0.2, 0.25) is 0 Å². The summed E-state index contributed by atoms with van der Waals surface area (Å²) in [5.41, 5.74) is 2.43. The number of benzene rings is 2. The van der Waals surface area contributed by atoms with E-state index in [9.17, 15) is 22.8 Å². The first-order chi connectivity index (χ1) is 15.3. The topological polar surface area (TPSA) is 61.9 Å². The molecule has 2 heterocycles. The van der Waals surface area contributed by atoms with Gasteiger partial charge in [-0.25, -0.2) is 0 Å². The average Bonchev–Trinajstić information content (AvgIpc) is 2.77. The summed E-state index contributed by atoms with van der Waals surface area (Å²) in [4.78, 5) is 29.7. The van der Waals surface area contributed by atoms with Gasteiger partial charge in [-0.1, -0.05) is 12.1 Å². The quantitative estimate of drug-likeness (QED) is 0.742. The van der Waals surface area contributed by atoms with Gasteiger partial charge in [-0.05, 0) is 62.1 Å². The summed E-state index contributed by atoms with van der Waals surface area (Å²) in [6.45, 7) is 3.65. The summed E-state index contributed by atoms with van der Waals surface area (Å²) in [5.74, 6) is -0.635. The van der Waals surface area contributed by atoms with Crippen molar-refractivity contribution in [1.29, 1.82) is 0 Å². The second-order valence-electron chi connectivity index (χ2n) is 7.87. The van der Waals surface area contributed by atoms with Gasteiger partial charge < -0.3 is 19.9 Å². The van der Waals surface area contributed by atoms with E-state index in [2.05, 4.69) is 15.0 Å². The van der Waals surface area contributed by atoms with Crippen molar-refractivity contribution in [2.45, 2.75) is 45.3 Å². The Kier molecular flexibility index (Phi) is 5.99. The maximum absolute atomic E-state index is 12.9. The monoisotopic (exact) mass is 447 g/mol. The van der Waals surface area contributed by atoms with E-state index in [-0.39, 0.29) is 30.3 Å². The SMILES string of the molecule is CCN1c2cc(C(=O)NCc3ccc(OC(F)(F)F)cc3)ccc2C(=O)N2CCCC[C@H]21. The van der Waals surface area contributed by atoms with Gasteiger partial charge in [0.25, 0.3) is 11.8 Å². The summed E-state index contributed by atoms with van der Waals surface area (Å²) in [7, 11) is 0. The zero-order valence-corrected chi connectivity index (χ0v) is 17.6. The van der Waals surface area contributed by atoms with E-state index in [0.29, 0.717) is 16.7 Å². The van der Waals surface area contributed by atoms with Crippen molar-refractivity contribution in [3.8, 4) is 5.75 Å². The largest absolute Gasteiger partial charge is 0.573 e. The maximum atomic E-state index is 12.9. The fraction of sp³-hybridized carbons (Fsp3) is 0.391. The third kappa shape index (κ3) is 4.51. The fourth-order valence-corrected chi connectivity index (χ4v) is 4.36. The number of anilines is 1. The molecule has 2 amide bonds. The van der Waals surface area contributed by atoms with E-state index < -0.39 is 6.36 Å². The minimum atomic E-state index is -4.75. The molecule has 2 aromatic carbocycles. The summed E-state index contributed by atoms with van der Waals surface area (Å²) < 4.78 is 40.6. The Balaban J connectivity index is 1.47. The number of carbonyl (C=O) groups is 2. The van der Waals surface area contributed by atoms with Gasteiger partial charge in [0.15, 0.2) is 0 Å². The van der Waals surface area contributed by atoms with E-state index in [1.54, 1.807) is 18.2 Å². The number of fused-ring (bicyclic) bond motifs is 2. The molecule has 0 bridgehead atoms. The molecule has 170 valence electrons. The number of halogens is 3. The molecule has 0 aromatic heterocycles. The normalized spacial score (nSPS) is 18.1. The molecular weight excluding hydrogens is 423 g/mol. The highest BCUT2D eigenvalue weighted by molar-refractivity contribution is 6.04. The van der Waals surface area contributed by atoms with Crippen LogP contribution < -0.4 is 15.0 Å². The van der Waals surface area contributed by atoms with E-state index >= 15 is 0 Å². The highest BCUT2D eigenvalue weighted by Crippen LogP contribution is 2.35. The van der Waals surface area contributed by atoms with Crippen LogP contribution in [0.5, 0.6) is 5.75 Å². The molecule has 6 nitrogen and oxygen atoms in total. The Hall–Kier alpha value is -3.23. The first kappa shape index (κ1) is 22.0. The zero-order valence-electron chi connectivity index (χ0n) is 17.6. The minimum Gasteiger partial charge on any atom is -0.406 e. The molecule has 0 unspecified atom stereocenters. The summed E-state index contributed by atoms with van der Waals surface area (Å²) >= 11 is 0. The molecule has 1 fully saturated rings. The zero-order chi connectivity index (χ0) is 22.9. The lowest BCUT2D eigenvalue weighted by Crippen LogP contribution is -2.57. The van der Waals surface area contributed by atoms with Crippen molar-refractivity contribution in [2.24, 2.45) is 0 Å². The average molecular weight is 447 g/mol. The summed E-state index contributed by atoms with van der Waals surface area (Å²) in [6, 6.07) is 10.4. The van der Waals surface area contributed by atoms with E-state index in [0.717, 1.165) is 38.0 Å². The van der Waals surface area contributed by atoms with Crippen LogP contribution in [0.2, 0.25) is 0 Å². The third-order valence-electron chi connectivity index (χ3n) is 5.84. The van der Waals surface area contributed by atoms with Gasteiger partial charge in [-0.15, -0.1) is 13.2 Å². The number of piperidine rings is 1. The van der Waals surface area contributed by atoms with Crippen LogP contribution in [0.1, 0.15) is 52.5 Å². The Morgan fingerprint density at radius 1 is 1.16 bits per heavy atom. The van der Waals surface area contributed by atoms with E-state index in [1.165, 1.54) is 24.3 Å². The van der Waals surface area contributed by atoms with Crippen molar-refractivity contribution in [3.05, 3.63) is 59.2 Å². The van der Waals surface area contributed by atoms with E-state index in [4.69, 9.17) is 0 Å². The van der Waals surface area contributed by atoms with Crippen LogP contribution >= 0.6 is 0 Å². The molecule has 0 spiro atoms. The number of ether oxygens (including phenoxy) is 1. The lowest BCUT2D eigenvalue weighted by atomic mass is 9.97. The second-order valence-corrected chi connectivity index (χ2v) is 7.87. The number of alkyl halides is 3. The number of hydrogen-bond donors (Lipinski definition) is 1. The standard InChI is InChI=1S/C23H24F3N3O3/c1-2-28-19-13-16(8-11-18(19)22(31)29-12-4-3-5-20(28)29)21(30)27-14-15-6-9-17(10-7-15)32-23(24,25)26/h6-11,13,20H,2-5,12,14H2,1H3,(H,27,30)/t20-/m0/s1. The van der Waals surface area contributed by atoms with Gasteiger partial charge >= 0.3 is 6.36 Å². The first-order valence-electron chi connectivity index (χ1n) is 10.6. The number of hydrogen-bond acceptors (Lipinski definition) is 4. The minimum absolute atomic E-state index is 0.00234. The molecule has 2 aromatic rings. The Labute approximate surface area is 183 Å². The number of carbonyl (C=O) groups excluding carboxylic acids is 2. The fourth-order valence-electron chi connectivity index (χ4n) is 4.36. The first-order valence-corrected chi connectivity index (χ1v) is 10.6. The van der Waals surface area contributed by atoms with Crippen molar-refractivity contribution >= 4 is 17.5 Å². The lowest BCUT2D eigenvalue weighted by Gasteiger charge is -2.47. The van der Waals surface area contributed by atoms with Crippen LogP contribution in [0.4, 0.5) is 18.9 Å². The van der Waals surface area contributed by atoms with Crippen LogP contribution in [-0.2, 0) is 6.54 Å². The number of rotatable bonds is 5. The molecule has 0 aliphatic carbocycles. The van der Waals surface area contributed by atoms with Gasteiger partial charge in [0.1, 0.15) is 11.9 Å². The molecule has 1 N–H and O–H groups in total. The molecule has 2 aliphatic rings. The van der Waals surface area contributed by atoms with Crippen molar-refractivity contribution in [1.82, 2.24) is 10.2 Å². The molecule has 0 saturated carbocycles. The number of nitrogens with one attached hydrogen (secondary N) is 1. The van der Waals surface area contributed by atoms with Crippen LogP contribution in [0.25, 0.3) is 0 Å². The molecule has 32 heavy (non-hydrogen) atoms. The molecule has 1 saturated heterocycles. The number of nitrogens with zero attached hydrogens (tertiary/aromatic N) is 2. The Morgan fingerprint density at radius 3 is 2.59 bits per heavy atom. The summed E-state index contributed by atoms with van der Waals surface area (Å²) in [5, 5.41) is 2.77. The number of amides is 2. The van der Waals surface area contributed by atoms with Crippen molar-refractivity contribution in [2.75, 3.05) is 18.0 Å². The lowest BCUT2D eigenvalue weighted by molar-refractivity contribution is -0.274. The molecule has 9 heteroatoms. The molecule has 0 radical (unpaired) electrons. The van der Waals surface area contributed by atoms with Crippen LogP contribution in [0, 0.1) is 0 Å². The predicted molar refractivity (Wildman–Crippen MR) is 112 cm³/mol. The molecule has 1 atom stereocenters. The highest BCUT2D eigenvalue weighted by atomic mass is 19.4. The van der Waals surface area contributed by atoms with Gasteiger partial charge in [0.05, 0.1) is 11.3 Å². The Bertz CT molecular complexity index is 1010. The van der Waals surface area contributed by atoms with Gasteiger partial charge in [-0.2, -0.15) is 0 Å². The highest BCUT2D eigenvalue weighted by Gasteiger charge is 2.38. The van der Waals surface area contributed by atoms with E-state index in [1.807, 2.05) is 11.8 Å². The predicted octanol–water partition coefficient (Wildman–Crippen LogP) is 4.31. The molecule has 2 aliphatic heterocycles. The van der Waals surface area contributed by atoms with Crippen LogP contribution in [-0.4, -0.2) is 42.3 Å². The molecule has 4 rings (SSSR count). The smallest absolute Gasteiger partial charge is 0.406 e. The third-order valence-corrected chi connectivity index (χ3v) is 5.84.